The lowest BCUT2D eigenvalue weighted by atomic mass is 10.0. The van der Waals surface area contributed by atoms with Crippen LogP contribution in [0.1, 0.15) is 229 Å². The number of likely N-dealkylation sites (N-methyl/N-ethyl adjacent to an activating group) is 1. The van der Waals surface area contributed by atoms with Crippen LogP contribution in [0.4, 0.5) is 5.69 Å². The minimum atomic E-state index is -4.41. The number of carbonyl (C=O) groups is 4. The number of amides is 2. The lowest BCUT2D eigenvalue weighted by molar-refractivity contribution is -0.870. The molecular weight excluding hydrogens is 966 g/mol. The number of phosphoric ester groups is 1. The number of carbonyl (C=O) groups excluding carboxylic acids is 4. The summed E-state index contributed by atoms with van der Waals surface area (Å²) in [5.74, 6) is 5.77. The second-order valence-corrected chi connectivity index (χ2v) is 23.2. The predicted molar refractivity (Wildman–Crippen MR) is 302 cm³/mol. The molecule has 2 amide bonds. The molecule has 0 aliphatic carbocycles. The van der Waals surface area contributed by atoms with Crippen LogP contribution in [0.15, 0.2) is 48.5 Å². The maximum Gasteiger partial charge on any atom is 0.472 e. The summed E-state index contributed by atoms with van der Waals surface area (Å²) in [6.45, 7) is 3.26. The van der Waals surface area contributed by atoms with E-state index in [9.17, 15) is 28.6 Å². The summed E-state index contributed by atoms with van der Waals surface area (Å²) in [6.07, 6.45) is 31.6. The lowest BCUT2D eigenvalue weighted by Crippen LogP contribution is -2.37. The number of rotatable bonds is 45. The minimum Gasteiger partial charge on any atom is -0.462 e. The first kappa shape index (κ1) is 65.2. The fourth-order valence-electron chi connectivity index (χ4n) is 9.11. The molecule has 2 aromatic rings. The van der Waals surface area contributed by atoms with Crippen LogP contribution in [0.2, 0.25) is 0 Å². The topological polar surface area (TPSA) is 158 Å². The Morgan fingerprint density at radius 1 is 0.600 bits per heavy atom. The van der Waals surface area contributed by atoms with Crippen molar-refractivity contribution in [2.24, 2.45) is 0 Å². The smallest absolute Gasteiger partial charge is 0.462 e. The number of para-hydroxylation sites is 1. The molecule has 2 aromatic carbocycles. The van der Waals surface area contributed by atoms with Gasteiger partial charge in [-0.3, -0.25) is 28.2 Å². The Morgan fingerprint density at radius 3 is 1.67 bits per heavy atom. The van der Waals surface area contributed by atoms with Crippen LogP contribution in [0.3, 0.4) is 0 Å². The van der Waals surface area contributed by atoms with Crippen molar-refractivity contribution in [2.75, 3.05) is 59.0 Å². The van der Waals surface area contributed by atoms with Gasteiger partial charge in [-0.05, 0) is 55.9 Å². The van der Waals surface area contributed by atoms with Gasteiger partial charge in [0.1, 0.15) is 19.8 Å². The first-order valence-corrected chi connectivity index (χ1v) is 30.8. The number of hydrogen-bond donors (Lipinski definition) is 2. The van der Waals surface area contributed by atoms with E-state index in [2.05, 4.69) is 24.1 Å². The van der Waals surface area contributed by atoms with E-state index in [1.165, 1.54) is 109 Å². The number of unbranched alkanes of at least 4 members (excludes halogenated alkanes) is 25. The Bertz CT molecular complexity index is 2010. The zero-order chi connectivity index (χ0) is 54.3. The SMILES string of the molecule is CCCCCCCCCCCCCCCC(=O)OCC(COP(=O)(O)OCC[N+](C)(C)C)OC(=O)CCCCCCCCCCCCCCCNC(=O)CCCCC(=O)N1Cc2ccccc2C#Cc2ccccc21. The fourth-order valence-corrected chi connectivity index (χ4v) is 9.85. The Labute approximate surface area is 453 Å². The molecule has 0 saturated carbocycles. The van der Waals surface area contributed by atoms with Gasteiger partial charge in [0.2, 0.25) is 11.8 Å². The molecule has 14 heteroatoms. The summed E-state index contributed by atoms with van der Waals surface area (Å²) in [4.78, 5) is 63.4. The van der Waals surface area contributed by atoms with Crippen LogP contribution in [-0.4, -0.2) is 93.3 Å². The quantitative estimate of drug-likeness (QED) is 0.0215. The molecule has 0 bridgehead atoms. The Balaban J connectivity index is 1.16. The van der Waals surface area contributed by atoms with Crippen molar-refractivity contribution in [3.63, 3.8) is 0 Å². The Morgan fingerprint density at radius 2 is 1.08 bits per heavy atom. The molecule has 75 heavy (non-hydrogen) atoms. The molecule has 0 spiro atoms. The molecule has 0 radical (unpaired) electrons. The van der Waals surface area contributed by atoms with Crippen molar-refractivity contribution in [1.29, 1.82) is 0 Å². The van der Waals surface area contributed by atoms with Gasteiger partial charge in [0, 0.05) is 43.4 Å². The molecule has 0 saturated heterocycles. The number of nitrogens with zero attached hydrogens (tertiary/aromatic N) is 2. The maximum absolute atomic E-state index is 13.4. The highest BCUT2D eigenvalue weighted by Gasteiger charge is 2.27. The third kappa shape index (κ3) is 33.0. The van der Waals surface area contributed by atoms with Crippen LogP contribution in [0.5, 0.6) is 0 Å². The average molecular weight is 1070 g/mol. The molecular formula is C61H99N3O10P+. The van der Waals surface area contributed by atoms with E-state index in [0.29, 0.717) is 56.2 Å². The van der Waals surface area contributed by atoms with E-state index in [4.69, 9.17) is 18.5 Å². The molecule has 0 fully saturated rings. The Hall–Kier alpha value is -4.05. The first-order chi connectivity index (χ1) is 36.3. The number of benzene rings is 2. The number of esters is 2. The van der Waals surface area contributed by atoms with Crippen molar-refractivity contribution >= 4 is 37.3 Å². The van der Waals surface area contributed by atoms with Gasteiger partial charge in [0.15, 0.2) is 6.10 Å². The largest absolute Gasteiger partial charge is 0.472 e. The van der Waals surface area contributed by atoms with Crippen LogP contribution in [0, 0.1) is 11.8 Å². The molecule has 2 unspecified atom stereocenters. The summed E-state index contributed by atoms with van der Waals surface area (Å²) in [6, 6.07) is 15.8. The molecule has 13 nitrogen and oxygen atoms in total. The number of quaternary nitrogens is 1. The van der Waals surface area contributed by atoms with Crippen molar-refractivity contribution in [1.82, 2.24) is 5.32 Å². The van der Waals surface area contributed by atoms with Crippen molar-refractivity contribution in [3.8, 4) is 11.8 Å². The minimum absolute atomic E-state index is 0.0153. The van der Waals surface area contributed by atoms with E-state index in [0.717, 1.165) is 73.7 Å². The number of hydrogen-bond acceptors (Lipinski definition) is 9. The van der Waals surface area contributed by atoms with E-state index in [-0.39, 0.29) is 43.8 Å². The standard InChI is InChI=1S/C61H98N3O10P/c1-5-6-7-8-9-10-11-13-16-19-22-25-28-43-60(67)71-51-56(52-73-75(69,70)72-49-48-64(2,3)4)74-61(68)44-29-26-23-20-17-14-12-15-18-21-24-27-36-47-62-58(65)41-34-35-42-59(66)63-50-55-39-31-30-37-53(55)45-46-54-38-32-33-40-57(54)63/h30-33,37-40,56H,5-29,34-36,41-44,47-52H2,1-4H3,(H-,62,65,69,70)/p+1. The van der Waals surface area contributed by atoms with Gasteiger partial charge >= 0.3 is 19.8 Å². The number of phosphoric acid groups is 1. The second-order valence-electron chi connectivity index (χ2n) is 21.7. The molecule has 1 aliphatic heterocycles. The van der Waals surface area contributed by atoms with Gasteiger partial charge < -0.3 is 29.1 Å². The molecule has 1 heterocycles. The lowest BCUT2D eigenvalue weighted by Gasteiger charge is -2.26. The predicted octanol–water partition coefficient (Wildman–Crippen LogP) is 13.8. The number of anilines is 1. The van der Waals surface area contributed by atoms with Crippen LogP contribution >= 0.6 is 7.82 Å². The highest BCUT2D eigenvalue weighted by molar-refractivity contribution is 7.47. The monoisotopic (exact) mass is 1060 g/mol. The van der Waals surface area contributed by atoms with E-state index < -0.39 is 26.5 Å². The normalized spacial score (nSPS) is 13.3. The average Bonchev–Trinajstić information content (AvgIpc) is 3.37. The van der Waals surface area contributed by atoms with Gasteiger partial charge in [-0.15, -0.1) is 0 Å². The van der Waals surface area contributed by atoms with Crippen LogP contribution in [-0.2, 0) is 48.8 Å². The van der Waals surface area contributed by atoms with Gasteiger partial charge in [-0.2, -0.15) is 0 Å². The van der Waals surface area contributed by atoms with Crippen molar-refractivity contribution in [2.45, 2.75) is 225 Å². The molecule has 422 valence electrons. The zero-order valence-electron chi connectivity index (χ0n) is 47.0. The van der Waals surface area contributed by atoms with E-state index >= 15 is 0 Å². The van der Waals surface area contributed by atoms with E-state index in [1.54, 1.807) is 0 Å². The highest BCUT2D eigenvalue weighted by atomic mass is 31.2. The summed E-state index contributed by atoms with van der Waals surface area (Å²) in [5.41, 5.74) is 3.66. The molecule has 2 N–H and O–H groups in total. The number of ether oxygens (including phenoxy) is 2. The number of nitrogens with one attached hydrogen (secondary N) is 1. The molecule has 1 aliphatic rings. The summed E-state index contributed by atoms with van der Waals surface area (Å²) < 4.78 is 34.5. The van der Waals surface area contributed by atoms with Crippen LogP contribution < -0.4 is 10.2 Å². The molecule has 3 rings (SSSR count). The zero-order valence-corrected chi connectivity index (χ0v) is 47.9. The van der Waals surface area contributed by atoms with Crippen molar-refractivity contribution in [3.05, 3.63) is 65.2 Å². The summed E-state index contributed by atoms with van der Waals surface area (Å²) in [7, 11) is 1.42. The summed E-state index contributed by atoms with van der Waals surface area (Å²) >= 11 is 0. The van der Waals surface area contributed by atoms with Crippen molar-refractivity contribution < 1.29 is 51.6 Å². The van der Waals surface area contributed by atoms with Crippen LogP contribution in [0.25, 0.3) is 0 Å². The maximum atomic E-state index is 13.4. The van der Waals surface area contributed by atoms with E-state index in [1.807, 2.05) is 74.6 Å². The summed E-state index contributed by atoms with van der Waals surface area (Å²) in [5, 5.41) is 3.06. The third-order valence-electron chi connectivity index (χ3n) is 13.8. The Kier molecular flexibility index (Phi) is 35.0. The first-order valence-electron chi connectivity index (χ1n) is 29.3. The molecule has 0 aromatic heterocycles. The van der Waals surface area contributed by atoms with Gasteiger partial charge in [0.25, 0.3) is 0 Å². The number of fused-ring (bicyclic) bond motifs is 2. The molecule has 2 atom stereocenters. The fraction of sp³-hybridized carbons (Fsp3) is 0.705. The van der Waals surface area contributed by atoms with Gasteiger partial charge in [0.05, 0.1) is 40.0 Å². The third-order valence-corrected chi connectivity index (χ3v) is 14.7. The highest BCUT2D eigenvalue weighted by Crippen LogP contribution is 2.43. The second kappa shape index (κ2) is 40.2. The van der Waals surface area contributed by atoms with Gasteiger partial charge in [-0.25, -0.2) is 4.57 Å². The van der Waals surface area contributed by atoms with Gasteiger partial charge in [-0.1, -0.05) is 197 Å².